The Bertz CT molecular complexity index is 462. The molecule has 0 radical (unpaired) electrons. The minimum Gasteiger partial charge on any atom is -0.370 e. The highest BCUT2D eigenvalue weighted by molar-refractivity contribution is 5.05. The molecule has 5 heteroatoms. The lowest BCUT2D eigenvalue weighted by Gasteiger charge is -2.35. The van der Waals surface area contributed by atoms with Crippen LogP contribution in [0.25, 0.3) is 0 Å². The van der Waals surface area contributed by atoms with Gasteiger partial charge in [-0.05, 0) is 57.4 Å². The third-order valence-electron chi connectivity index (χ3n) is 5.30. The first-order valence-electron chi connectivity index (χ1n) is 8.22. The molecule has 0 aromatic carbocycles. The molecule has 118 valence electrons. The summed E-state index contributed by atoms with van der Waals surface area (Å²) >= 11 is 0. The second kappa shape index (κ2) is 6.05. The van der Waals surface area contributed by atoms with Crippen LogP contribution in [0.15, 0.2) is 4.52 Å². The molecule has 2 saturated carbocycles. The van der Waals surface area contributed by atoms with Gasteiger partial charge in [-0.25, -0.2) is 0 Å². The van der Waals surface area contributed by atoms with Gasteiger partial charge in [0.05, 0.1) is 0 Å². The fraction of sp³-hybridized carbons (Fsp3) is 0.875. The molecule has 1 aromatic rings. The van der Waals surface area contributed by atoms with Crippen LogP contribution in [0.3, 0.4) is 0 Å². The zero-order chi connectivity index (χ0) is 14.9. The first-order chi connectivity index (χ1) is 10.2. The van der Waals surface area contributed by atoms with Gasteiger partial charge in [0, 0.05) is 19.6 Å². The van der Waals surface area contributed by atoms with Gasteiger partial charge in [0.2, 0.25) is 11.7 Å². The third kappa shape index (κ3) is 3.14. The van der Waals surface area contributed by atoms with Crippen molar-refractivity contribution in [1.82, 2.24) is 15.5 Å². The lowest BCUT2D eigenvalue weighted by molar-refractivity contribution is -0.0609. The average molecular weight is 293 g/mol. The second-order valence-electron chi connectivity index (χ2n) is 6.83. The lowest BCUT2D eigenvalue weighted by Crippen LogP contribution is -2.34. The van der Waals surface area contributed by atoms with E-state index in [0.717, 1.165) is 42.8 Å². The van der Waals surface area contributed by atoms with Gasteiger partial charge >= 0.3 is 0 Å². The van der Waals surface area contributed by atoms with Crippen molar-refractivity contribution in [2.24, 2.45) is 11.8 Å². The normalized spacial score (nSPS) is 31.3. The van der Waals surface area contributed by atoms with E-state index in [9.17, 15) is 0 Å². The van der Waals surface area contributed by atoms with Crippen molar-refractivity contribution in [1.29, 1.82) is 0 Å². The summed E-state index contributed by atoms with van der Waals surface area (Å²) in [6.45, 7) is 2.30. The van der Waals surface area contributed by atoms with Gasteiger partial charge in [-0.2, -0.15) is 4.98 Å². The number of nitrogens with one attached hydrogen (secondary N) is 1. The Balaban J connectivity index is 1.70. The molecular formula is C16H27N3O2. The van der Waals surface area contributed by atoms with E-state index in [0.29, 0.717) is 6.04 Å². The molecule has 0 saturated heterocycles. The van der Waals surface area contributed by atoms with Crippen LogP contribution in [0.2, 0.25) is 0 Å². The zero-order valence-electron chi connectivity index (χ0n) is 13.4. The van der Waals surface area contributed by atoms with E-state index in [2.05, 4.69) is 22.4 Å². The molecule has 2 aliphatic carbocycles. The largest absolute Gasteiger partial charge is 0.370 e. The van der Waals surface area contributed by atoms with E-state index in [4.69, 9.17) is 9.26 Å². The number of hydrogen-bond acceptors (Lipinski definition) is 5. The highest BCUT2D eigenvalue weighted by Gasteiger charge is 2.40. The molecule has 0 spiro atoms. The molecule has 0 aliphatic heterocycles. The predicted molar refractivity (Wildman–Crippen MR) is 79.9 cm³/mol. The number of aromatic nitrogens is 2. The highest BCUT2D eigenvalue weighted by atomic mass is 16.5. The van der Waals surface area contributed by atoms with Crippen molar-refractivity contribution in [2.45, 2.75) is 63.5 Å². The Morgan fingerprint density at radius 1 is 1.33 bits per heavy atom. The molecule has 3 rings (SSSR count). The van der Waals surface area contributed by atoms with Gasteiger partial charge in [-0.3, -0.25) is 0 Å². The van der Waals surface area contributed by atoms with Gasteiger partial charge in [0.15, 0.2) is 0 Å². The smallest absolute Gasteiger partial charge is 0.228 e. The molecule has 21 heavy (non-hydrogen) atoms. The Hall–Kier alpha value is -0.940. The van der Waals surface area contributed by atoms with Crippen LogP contribution in [0.4, 0.5) is 0 Å². The molecule has 1 heterocycles. The summed E-state index contributed by atoms with van der Waals surface area (Å²) < 4.78 is 11.3. The molecule has 0 amide bonds. The van der Waals surface area contributed by atoms with E-state index in [1.807, 2.05) is 7.05 Å². The van der Waals surface area contributed by atoms with Crippen LogP contribution in [0, 0.1) is 11.8 Å². The van der Waals surface area contributed by atoms with Crippen molar-refractivity contribution in [2.75, 3.05) is 14.2 Å². The molecule has 2 fully saturated rings. The van der Waals surface area contributed by atoms with E-state index >= 15 is 0 Å². The van der Waals surface area contributed by atoms with Crippen LogP contribution in [0.1, 0.15) is 57.2 Å². The third-order valence-corrected chi connectivity index (χ3v) is 5.30. The summed E-state index contributed by atoms with van der Waals surface area (Å²) in [5.74, 6) is 3.03. The zero-order valence-corrected chi connectivity index (χ0v) is 13.4. The molecule has 1 unspecified atom stereocenters. The Morgan fingerprint density at radius 3 is 2.62 bits per heavy atom. The molecule has 1 atom stereocenters. The van der Waals surface area contributed by atoms with Crippen LogP contribution in [-0.2, 0) is 16.8 Å². The maximum absolute atomic E-state index is 5.82. The molecule has 5 nitrogen and oxygen atoms in total. The summed E-state index contributed by atoms with van der Waals surface area (Å²) in [5, 5.41) is 7.61. The van der Waals surface area contributed by atoms with Gasteiger partial charge in [-0.15, -0.1) is 0 Å². The first kappa shape index (κ1) is 15.0. The quantitative estimate of drug-likeness (QED) is 0.873. The Morgan fingerprint density at radius 2 is 2.05 bits per heavy atom. The Kier molecular flexibility index (Phi) is 4.31. The fourth-order valence-electron chi connectivity index (χ4n) is 3.46. The minimum absolute atomic E-state index is 0.330. The standard InChI is InChI=1S/C16H27N3O2/c1-11-6-8-16(20-3,9-7-11)15-18-14(21-19-15)10-13(17-2)12-4-5-12/h11-13,17H,4-10H2,1-3H3. The van der Waals surface area contributed by atoms with Crippen molar-refractivity contribution >= 4 is 0 Å². The molecule has 1 aromatic heterocycles. The second-order valence-corrected chi connectivity index (χ2v) is 6.83. The van der Waals surface area contributed by atoms with Crippen LogP contribution < -0.4 is 5.32 Å². The van der Waals surface area contributed by atoms with Gasteiger partial charge in [0.1, 0.15) is 5.60 Å². The molecule has 2 aliphatic rings. The van der Waals surface area contributed by atoms with Crippen LogP contribution in [-0.4, -0.2) is 30.3 Å². The van der Waals surface area contributed by atoms with Crippen LogP contribution in [0.5, 0.6) is 0 Å². The summed E-state index contributed by atoms with van der Waals surface area (Å²) in [6.07, 6.45) is 7.75. The average Bonchev–Trinajstić information content (AvgIpc) is 3.25. The van der Waals surface area contributed by atoms with E-state index in [1.165, 1.54) is 25.7 Å². The minimum atomic E-state index is -0.330. The molecule has 0 bridgehead atoms. The number of nitrogens with zero attached hydrogens (tertiary/aromatic N) is 2. The van der Waals surface area contributed by atoms with Gasteiger partial charge < -0.3 is 14.6 Å². The first-order valence-corrected chi connectivity index (χ1v) is 8.22. The number of methoxy groups -OCH3 is 1. The number of ether oxygens (including phenoxy) is 1. The molecule has 1 N–H and O–H groups in total. The Labute approximate surface area is 126 Å². The maximum atomic E-state index is 5.82. The topological polar surface area (TPSA) is 60.2 Å². The van der Waals surface area contributed by atoms with E-state index in [-0.39, 0.29) is 5.60 Å². The fourth-order valence-corrected chi connectivity index (χ4v) is 3.46. The monoisotopic (exact) mass is 293 g/mol. The number of rotatable bonds is 6. The van der Waals surface area contributed by atoms with Crippen molar-refractivity contribution < 1.29 is 9.26 Å². The predicted octanol–water partition coefficient (Wildman–Crippen LogP) is 2.66. The van der Waals surface area contributed by atoms with Gasteiger partial charge in [0.25, 0.3) is 0 Å². The summed E-state index contributed by atoms with van der Waals surface area (Å²) in [4.78, 5) is 4.66. The number of hydrogen-bond donors (Lipinski definition) is 1. The highest BCUT2D eigenvalue weighted by Crippen LogP contribution is 2.41. The van der Waals surface area contributed by atoms with Crippen molar-refractivity contribution in [3.05, 3.63) is 11.7 Å². The summed E-state index contributed by atoms with van der Waals surface area (Å²) in [7, 11) is 3.78. The number of likely N-dealkylation sites (N-methyl/N-ethyl adjacent to an activating group) is 1. The summed E-state index contributed by atoms with van der Waals surface area (Å²) in [6, 6.07) is 0.461. The van der Waals surface area contributed by atoms with E-state index in [1.54, 1.807) is 7.11 Å². The molecular weight excluding hydrogens is 266 g/mol. The maximum Gasteiger partial charge on any atom is 0.228 e. The summed E-state index contributed by atoms with van der Waals surface area (Å²) in [5.41, 5.74) is -0.330. The van der Waals surface area contributed by atoms with E-state index < -0.39 is 0 Å². The lowest BCUT2D eigenvalue weighted by atomic mass is 9.79. The van der Waals surface area contributed by atoms with Crippen LogP contribution >= 0.6 is 0 Å². The van der Waals surface area contributed by atoms with Crippen molar-refractivity contribution in [3.8, 4) is 0 Å². The van der Waals surface area contributed by atoms with Gasteiger partial charge in [-0.1, -0.05) is 12.1 Å². The van der Waals surface area contributed by atoms with Crippen molar-refractivity contribution in [3.63, 3.8) is 0 Å². The SMILES string of the molecule is CNC(Cc1nc(C2(OC)CCC(C)CC2)no1)C1CC1.